The summed E-state index contributed by atoms with van der Waals surface area (Å²) in [4.78, 5) is 11.2. The van der Waals surface area contributed by atoms with Crippen LogP contribution in [0, 0.1) is 0 Å². The molecular weight excluding hydrogens is 336 g/mol. The van der Waals surface area contributed by atoms with Gasteiger partial charge in [0.05, 0.1) is 31.8 Å². The quantitative estimate of drug-likeness (QED) is 0.285. The largest absolute Gasteiger partial charge is 0.466 e. The predicted octanol–water partition coefficient (Wildman–Crippen LogP) is 0.821. The zero-order chi connectivity index (χ0) is 17.2. The van der Waals surface area contributed by atoms with Crippen molar-refractivity contribution >= 4 is 26.2 Å². The summed E-state index contributed by atoms with van der Waals surface area (Å²) in [5, 5.41) is 0. The molecule has 0 aliphatic rings. The van der Waals surface area contributed by atoms with Crippen LogP contribution in [0.25, 0.3) is 0 Å². The van der Waals surface area contributed by atoms with E-state index in [2.05, 4.69) is 4.18 Å². The summed E-state index contributed by atoms with van der Waals surface area (Å²) in [6.45, 7) is 1.88. The van der Waals surface area contributed by atoms with Crippen molar-refractivity contribution in [2.75, 3.05) is 25.7 Å². The van der Waals surface area contributed by atoms with Gasteiger partial charge in [0, 0.05) is 6.42 Å². The van der Waals surface area contributed by atoms with Gasteiger partial charge in [0.15, 0.2) is 0 Å². The lowest BCUT2D eigenvalue weighted by atomic mass is 10.1. The van der Waals surface area contributed by atoms with E-state index in [0.29, 0.717) is 25.9 Å². The Morgan fingerprint density at radius 3 is 2.14 bits per heavy atom. The monoisotopic (exact) mass is 360 g/mol. The fraction of sp³-hybridized carbons (Fsp3) is 0.917. The summed E-state index contributed by atoms with van der Waals surface area (Å²) in [6, 6.07) is 0. The summed E-state index contributed by atoms with van der Waals surface area (Å²) in [5.41, 5.74) is 0. The molecule has 132 valence electrons. The van der Waals surface area contributed by atoms with E-state index in [1.165, 1.54) is 0 Å². The second-order valence-electron chi connectivity index (χ2n) is 4.79. The molecule has 10 heteroatoms. The molecule has 0 aliphatic carbocycles. The van der Waals surface area contributed by atoms with Gasteiger partial charge in [0.25, 0.3) is 20.2 Å². The molecule has 0 aromatic carbocycles. The number of hydrogen-bond donors (Lipinski definition) is 0. The van der Waals surface area contributed by atoms with Crippen molar-refractivity contribution in [1.82, 2.24) is 0 Å². The zero-order valence-electron chi connectivity index (χ0n) is 13.1. The smallest absolute Gasteiger partial charge is 0.305 e. The second kappa shape index (κ2) is 10.1. The molecule has 0 aliphatic heterocycles. The number of unbranched alkanes of at least 4 members (excludes halogenated alkanes) is 1. The first kappa shape index (κ1) is 21.3. The minimum Gasteiger partial charge on any atom is -0.466 e. The van der Waals surface area contributed by atoms with Crippen LogP contribution in [0.1, 0.15) is 39.0 Å². The van der Waals surface area contributed by atoms with Gasteiger partial charge in [-0.25, -0.2) is 0 Å². The van der Waals surface area contributed by atoms with Gasteiger partial charge in [-0.2, -0.15) is 16.8 Å². The molecule has 0 rings (SSSR count). The maximum atomic E-state index is 11.2. The molecule has 0 aromatic rings. The average molecular weight is 360 g/mol. The van der Waals surface area contributed by atoms with Crippen molar-refractivity contribution in [3.8, 4) is 0 Å². The molecule has 0 saturated carbocycles. The fourth-order valence-electron chi connectivity index (χ4n) is 1.69. The molecule has 0 heterocycles. The molecule has 0 bridgehead atoms. The first-order valence-corrected chi connectivity index (χ1v) is 10.5. The molecule has 0 amide bonds. The van der Waals surface area contributed by atoms with Crippen LogP contribution in [-0.4, -0.2) is 54.6 Å². The number of rotatable bonds is 12. The Hall–Kier alpha value is -0.710. The van der Waals surface area contributed by atoms with E-state index in [0.717, 1.165) is 12.5 Å². The second-order valence-corrected chi connectivity index (χ2v) is 8.03. The maximum Gasteiger partial charge on any atom is 0.305 e. The van der Waals surface area contributed by atoms with Gasteiger partial charge in [0.2, 0.25) is 0 Å². The van der Waals surface area contributed by atoms with Gasteiger partial charge in [-0.3, -0.25) is 13.2 Å². The number of esters is 1. The Bertz CT molecular complexity index is 523. The minimum atomic E-state index is -3.65. The van der Waals surface area contributed by atoms with E-state index in [4.69, 9.17) is 8.92 Å². The van der Waals surface area contributed by atoms with Crippen molar-refractivity contribution in [3.63, 3.8) is 0 Å². The van der Waals surface area contributed by atoms with Gasteiger partial charge in [-0.1, -0.05) is 6.42 Å². The highest BCUT2D eigenvalue weighted by Gasteiger charge is 2.17. The van der Waals surface area contributed by atoms with E-state index in [1.807, 2.05) is 0 Å². The highest BCUT2D eigenvalue weighted by molar-refractivity contribution is 7.86. The normalized spacial score (nSPS) is 13.8. The van der Waals surface area contributed by atoms with E-state index in [-0.39, 0.29) is 25.4 Å². The van der Waals surface area contributed by atoms with Crippen molar-refractivity contribution in [2.24, 2.45) is 0 Å². The van der Waals surface area contributed by atoms with Gasteiger partial charge in [0.1, 0.15) is 0 Å². The first-order valence-electron chi connectivity index (χ1n) is 6.91. The zero-order valence-corrected chi connectivity index (χ0v) is 14.7. The number of hydrogen-bond acceptors (Lipinski definition) is 8. The van der Waals surface area contributed by atoms with Gasteiger partial charge < -0.3 is 4.74 Å². The number of carbonyl (C=O) groups is 1. The van der Waals surface area contributed by atoms with Crippen LogP contribution in [-0.2, 0) is 38.1 Å². The Kier molecular flexibility index (Phi) is 9.81. The summed E-state index contributed by atoms with van der Waals surface area (Å²) in [6.07, 6.45) is 3.00. The SMILES string of the molecule is CCOC(=O)CCCCC(CCOS(C)(=O)=O)OS(C)(=O)=O. The van der Waals surface area contributed by atoms with Crippen molar-refractivity contribution < 1.29 is 34.7 Å². The molecule has 0 aromatic heterocycles. The van der Waals surface area contributed by atoms with Crippen LogP contribution < -0.4 is 0 Å². The molecule has 0 spiro atoms. The summed E-state index contributed by atoms with van der Waals surface area (Å²) in [5.74, 6) is -0.302. The van der Waals surface area contributed by atoms with Crippen molar-refractivity contribution in [2.45, 2.75) is 45.1 Å². The highest BCUT2D eigenvalue weighted by Crippen LogP contribution is 2.13. The van der Waals surface area contributed by atoms with Crippen molar-refractivity contribution in [3.05, 3.63) is 0 Å². The molecule has 22 heavy (non-hydrogen) atoms. The van der Waals surface area contributed by atoms with Gasteiger partial charge in [-0.15, -0.1) is 0 Å². The molecule has 0 radical (unpaired) electrons. The van der Waals surface area contributed by atoms with Crippen LogP contribution in [0.4, 0.5) is 0 Å². The van der Waals surface area contributed by atoms with Gasteiger partial charge in [-0.05, 0) is 26.2 Å². The number of carbonyl (C=O) groups excluding carboxylic acids is 1. The maximum absolute atomic E-state index is 11.2. The van der Waals surface area contributed by atoms with Crippen LogP contribution in [0.3, 0.4) is 0 Å². The fourth-order valence-corrected chi connectivity index (χ4v) is 2.78. The molecule has 1 atom stereocenters. The van der Waals surface area contributed by atoms with Crippen LogP contribution >= 0.6 is 0 Å². The molecular formula is C12H24O8S2. The Balaban J connectivity index is 4.22. The first-order chi connectivity index (χ1) is 10.0. The molecule has 0 saturated heterocycles. The third-order valence-electron chi connectivity index (χ3n) is 2.51. The van der Waals surface area contributed by atoms with E-state index >= 15 is 0 Å². The average Bonchev–Trinajstić information content (AvgIpc) is 2.31. The lowest BCUT2D eigenvalue weighted by Gasteiger charge is -2.15. The third-order valence-corrected chi connectivity index (χ3v) is 3.73. The summed E-state index contributed by atoms with van der Waals surface area (Å²) in [7, 11) is -7.22. The van der Waals surface area contributed by atoms with Crippen LogP contribution in [0.15, 0.2) is 0 Å². The lowest BCUT2D eigenvalue weighted by Crippen LogP contribution is -2.20. The van der Waals surface area contributed by atoms with E-state index in [1.54, 1.807) is 6.92 Å². The highest BCUT2D eigenvalue weighted by atomic mass is 32.2. The minimum absolute atomic E-state index is 0.125. The Labute approximate surface area is 132 Å². The summed E-state index contributed by atoms with van der Waals surface area (Å²) < 4.78 is 58.3. The Morgan fingerprint density at radius 2 is 1.64 bits per heavy atom. The molecule has 0 N–H and O–H groups in total. The molecule has 8 nitrogen and oxygen atoms in total. The van der Waals surface area contributed by atoms with E-state index in [9.17, 15) is 21.6 Å². The van der Waals surface area contributed by atoms with E-state index < -0.39 is 26.3 Å². The van der Waals surface area contributed by atoms with Crippen LogP contribution in [0.2, 0.25) is 0 Å². The third kappa shape index (κ3) is 14.2. The predicted molar refractivity (Wildman–Crippen MR) is 80.2 cm³/mol. The standard InChI is InChI=1S/C12H24O8S2/c1-4-18-12(13)8-6-5-7-11(20-22(3,16)17)9-10-19-21(2,14)15/h11H,4-10H2,1-3H3. The van der Waals surface area contributed by atoms with Crippen LogP contribution in [0.5, 0.6) is 0 Å². The lowest BCUT2D eigenvalue weighted by molar-refractivity contribution is -0.143. The molecule has 1 unspecified atom stereocenters. The summed E-state index contributed by atoms with van der Waals surface area (Å²) >= 11 is 0. The Morgan fingerprint density at radius 1 is 1.00 bits per heavy atom. The van der Waals surface area contributed by atoms with Crippen molar-refractivity contribution in [1.29, 1.82) is 0 Å². The van der Waals surface area contributed by atoms with Gasteiger partial charge >= 0.3 is 5.97 Å². The topological polar surface area (TPSA) is 113 Å². The number of ether oxygens (including phenoxy) is 1. The molecule has 0 fully saturated rings.